The molecule has 0 aliphatic heterocycles. The van der Waals surface area contributed by atoms with Gasteiger partial charge in [0.15, 0.2) is 0 Å². The summed E-state index contributed by atoms with van der Waals surface area (Å²) in [5, 5.41) is 0. The minimum Gasteiger partial charge on any atom is -0.362 e. The molecule has 35 heavy (non-hydrogen) atoms. The molecule has 2 unspecified atom stereocenters. The van der Waals surface area contributed by atoms with Gasteiger partial charge in [0.25, 0.3) is 0 Å². The lowest BCUT2D eigenvalue weighted by molar-refractivity contribution is 0.664. The molecule has 0 aromatic carbocycles. The molecule has 3 rings (SSSR count). The largest absolute Gasteiger partial charge is 0.362 e. The molecule has 0 saturated heterocycles. The lowest BCUT2D eigenvalue weighted by Crippen LogP contribution is -2.03. The predicted octanol–water partition coefficient (Wildman–Crippen LogP) is 7.32. The molecular weight excluding hydrogens is 430 g/mol. The second-order valence-corrected chi connectivity index (χ2v) is 9.86. The summed E-state index contributed by atoms with van der Waals surface area (Å²) in [7, 11) is 0. The number of hydrogen-bond donors (Lipinski definition) is 2. The van der Waals surface area contributed by atoms with Crippen LogP contribution in [0.2, 0.25) is 0 Å². The monoisotopic (exact) mass is 469 g/mol. The maximum absolute atomic E-state index is 4.61. The molecule has 0 aliphatic carbocycles. The van der Waals surface area contributed by atoms with Crippen molar-refractivity contribution < 1.29 is 0 Å². The molecule has 3 aromatic rings. The van der Waals surface area contributed by atoms with E-state index in [0.717, 1.165) is 46.9 Å². The SMILES string of the molecule is C=N/C(=C\c1cc(CC(C)/C(=C/c2[nH]ccc2C)N=C)[nH]c1C)C(C)Cc1ccc(C(C)C)nc1. The summed E-state index contributed by atoms with van der Waals surface area (Å²) < 4.78 is 0. The molecule has 0 saturated carbocycles. The second-order valence-electron chi connectivity index (χ2n) is 9.86. The average Bonchev–Trinajstić information content (AvgIpc) is 3.39. The van der Waals surface area contributed by atoms with Gasteiger partial charge in [0, 0.05) is 58.4 Å². The molecule has 0 bridgehead atoms. The van der Waals surface area contributed by atoms with Gasteiger partial charge in [-0.15, -0.1) is 0 Å². The molecule has 2 N–H and O–H groups in total. The molecule has 5 heteroatoms. The first-order valence-corrected chi connectivity index (χ1v) is 12.4. The molecule has 0 amide bonds. The summed E-state index contributed by atoms with van der Waals surface area (Å²) >= 11 is 0. The van der Waals surface area contributed by atoms with Gasteiger partial charge < -0.3 is 9.97 Å². The van der Waals surface area contributed by atoms with Crippen LogP contribution in [0.3, 0.4) is 0 Å². The van der Waals surface area contributed by atoms with Crippen LogP contribution in [0.25, 0.3) is 12.2 Å². The van der Waals surface area contributed by atoms with Crippen LogP contribution in [0.15, 0.2) is 58.0 Å². The van der Waals surface area contributed by atoms with Crippen LogP contribution < -0.4 is 0 Å². The van der Waals surface area contributed by atoms with E-state index in [1.165, 1.54) is 16.8 Å². The van der Waals surface area contributed by atoms with Crippen LogP contribution in [0.5, 0.6) is 0 Å². The van der Waals surface area contributed by atoms with Crippen LogP contribution in [0.4, 0.5) is 0 Å². The molecule has 5 nitrogen and oxygen atoms in total. The van der Waals surface area contributed by atoms with E-state index in [1.54, 1.807) is 0 Å². The van der Waals surface area contributed by atoms with E-state index in [2.05, 4.69) is 116 Å². The second kappa shape index (κ2) is 11.8. The van der Waals surface area contributed by atoms with E-state index in [4.69, 9.17) is 0 Å². The fourth-order valence-electron chi connectivity index (χ4n) is 4.31. The quantitative estimate of drug-likeness (QED) is 0.284. The van der Waals surface area contributed by atoms with Crippen molar-refractivity contribution in [3.05, 3.63) is 87.5 Å². The first kappa shape index (κ1) is 26.1. The summed E-state index contributed by atoms with van der Waals surface area (Å²) in [6.07, 6.45) is 9.90. The van der Waals surface area contributed by atoms with Crippen molar-refractivity contribution >= 4 is 25.6 Å². The van der Waals surface area contributed by atoms with Gasteiger partial charge in [0.05, 0.1) is 0 Å². The van der Waals surface area contributed by atoms with Crippen molar-refractivity contribution in [2.75, 3.05) is 0 Å². The molecule has 0 fully saturated rings. The third-order valence-corrected chi connectivity index (χ3v) is 6.59. The molecule has 3 heterocycles. The van der Waals surface area contributed by atoms with Crippen molar-refractivity contribution in [3.8, 4) is 0 Å². The Balaban J connectivity index is 1.73. The minimum absolute atomic E-state index is 0.224. The number of nitrogens with zero attached hydrogens (tertiary/aromatic N) is 3. The van der Waals surface area contributed by atoms with Gasteiger partial charge in [-0.3, -0.25) is 15.0 Å². The number of allylic oxidation sites excluding steroid dienone is 2. The van der Waals surface area contributed by atoms with Crippen molar-refractivity contribution in [1.29, 1.82) is 0 Å². The van der Waals surface area contributed by atoms with E-state index in [-0.39, 0.29) is 11.8 Å². The summed E-state index contributed by atoms with van der Waals surface area (Å²) in [6, 6.07) is 8.57. The van der Waals surface area contributed by atoms with Crippen LogP contribution >= 0.6 is 0 Å². The highest BCUT2D eigenvalue weighted by molar-refractivity contribution is 5.58. The van der Waals surface area contributed by atoms with Crippen molar-refractivity contribution in [1.82, 2.24) is 15.0 Å². The molecule has 3 aromatic heterocycles. The van der Waals surface area contributed by atoms with Gasteiger partial charge in [0.1, 0.15) is 0 Å². The highest BCUT2D eigenvalue weighted by Crippen LogP contribution is 2.26. The number of H-pyrrole nitrogens is 2. The van der Waals surface area contributed by atoms with E-state index in [9.17, 15) is 0 Å². The topological polar surface area (TPSA) is 69.2 Å². The Morgan fingerprint density at radius 2 is 1.66 bits per heavy atom. The number of aryl methyl sites for hydroxylation is 2. The standard InChI is InChI=1S/C30H39N5/c1-19(2)27-10-9-24(18-34-27)13-21(4)28(31-7)16-25-15-26(35-23(25)6)14-22(5)29(32-8)17-30-20(3)11-12-33-30/h9-12,15-19,21-22,33,35H,7-8,13-14H2,1-6H3/b28-16-,29-17-. The van der Waals surface area contributed by atoms with E-state index in [1.807, 2.05) is 12.4 Å². The first-order chi connectivity index (χ1) is 16.7. The molecular formula is C30H39N5. The summed E-state index contributed by atoms with van der Waals surface area (Å²) in [5.41, 5.74) is 10.0. The van der Waals surface area contributed by atoms with Crippen LogP contribution in [-0.2, 0) is 12.8 Å². The van der Waals surface area contributed by atoms with Gasteiger partial charge in [-0.25, -0.2) is 0 Å². The normalized spacial score (nSPS) is 14.3. The van der Waals surface area contributed by atoms with Gasteiger partial charge in [0.2, 0.25) is 0 Å². The summed E-state index contributed by atoms with van der Waals surface area (Å²) in [6.45, 7) is 20.5. The van der Waals surface area contributed by atoms with Gasteiger partial charge in [-0.05, 0) is 93.1 Å². The zero-order chi connectivity index (χ0) is 25.5. The number of nitrogens with one attached hydrogen (secondary N) is 2. The minimum atomic E-state index is 0.224. The van der Waals surface area contributed by atoms with E-state index in [0.29, 0.717) is 5.92 Å². The van der Waals surface area contributed by atoms with Gasteiger partial charge in [-0.1, -0.05) is 33.8 Å². The van der Waals surface area contributed by atoms with Crippen molar-refractivity contribution in [2.24, 2.45) is 21.8 Å². The highest BCUT2D eigenvalue weighted by atomic mass is 14.8. The average molecular weight is 470 g/mol. The Labute approximate surface area is 210 Å². The maximum atomic E-state index is 4.61. The Bertz CT molecular complexity index is 1200. The number of hydrogen-bond acceptors (Lipinski definition) is 3. The third kappa shape index (κ3) is 6.78. The maximum Gasteiger partial charge on any atom is 0.0449 e. The smallest absolute Gasteiger partial charge is 0.0449 e. The first-order valence-electron chi connectivity index (χ1n) is 12.4. The van der Waals surface area contributed by atoms with Crippen LogP contribution in [0.1, 0.15) is 73.1 Å². The summed E-state index contributed by atoms with van der Waals surface area (Å²) in [5.74, 6) is 0.897. The molecule has 2 atom stereocenters. The number of aromatic nitrogens is 3. The number of rotatable bonds is 11. The van der Waals surface area contributed by atoms with Crippen LogP contribution in [-0.4, -0.2) is 28.4 Å². The fourth-order valence-corrected chi connectivity index (χ4v) is 4.31. The lowest BCUT2D eigenvalue weighted by atomic mass is 9.96. The van der Waals surface area contributed by atoms with Crippen molar-refractivity contribution in [3.63, 3.8) is 0 Å². The molecule has 0 aliphatic rings. The van der Waals surface area contributed by atoms with Gasteiger partial charge in [-0.2, -0.15) is 0 Å². The Kier molecular flexibility index (Phi) is 8.80. The summed E-state index contributed by atoms with van der Waals surface area (Å²) in [4.78, 5) is 20.1. The zero-order valence-electron chi connectivity index (χ0n) is 22.0. The van der Waals surface area contributed by atoms with Gasteiger partial charge >= 0.3 is 0 Å². The fraction of sp³-hybridized carbons (Fsp3) is 0.367. The van der Waals surface area contributed by atoms with Crippen molar-refractivity contribution in [2.45, 2.75) is 60.3 Å². The molecule has 184 valence electrons. The lowest BCUT2D eigenvalue weighted by Gasteiger charge is -2.13. The number of aromatic amines is 2. The number of pyridine rings is 1. The Hall–Kier alpha value is -3.47. The van der Waals surface area contributed by atoms with Crippen LogP contribution in [0, 0.1) is 25.7 Å². The predicted molar refractivity (Wildman–Crippen MR) is 150 cm³/mol. The number of aliphatic imine (C=N–C) groups is 2. The Morgan fingerprint density at radius 3 is 2.23 bits per heavy atom. The third-order valence-electron chi connectivity index (χ3n) is 6.59. The molecule has 0 radical (unpaired) electrons. The highest BCUT2D eigenvalue weighted by Gasteiger charge is 2.14. The van der Waals surface area contributed by atoms with E-state index < -0.39 is 0 Å². The Morgan fingerprint density at radius 1 is 0.971 bits per heavy atom. The molecule has 0 spiro atoms. The van der Waals surface area contributed by atoms with E-state index >= 15 is 0 Å². The zero-order valence-corrected chi connectivity index (χ0v) is 22.0.